The minimum Gasteiger partial charge on any atom is -0.462 e. The second kappa shape index (κ2) is 5.86. The van der Waals surface area contributed by atoms with Gasteiger partial charge in [-0.05, 0) is 35.6 Å². The highest BCUT2D eigenvalue weighted by molar-refractivity contribution is 14.1. The van der Waals surface area contributed by atoms with E-state index in [1.807, 2.05) is 0 Å². The van der Waals surface area contributed by atoms with Crippen molar-refractivity contribution in [3.63, 3.8) is 0 Å². The molecule has 7 heteroatoms. The average Bonchev–Trinajstić information content (AvgIpc) is 2.28. The number of hydrogen-bond acceptors (Lipinski definition) is 4. The van der Waals surface area contributed by atoms with E-state index in [1.165, 1.54) is 6.07 Å². The largest absolute Gasteiger partial charge is 0.462 e. The molecule has 17 heavy (non-hydrogen) atoms. The summed E-state index contributed by atoms with van der Waals surface area (Å²) in [6, 6.07) is 2.82. The van der Waals surface area contributed by atoms with Crippen LogP contribution in [0.25, 0.3) is 0 Å². The van der Waals surface area contributed by atoms with Gasteiger partial charge >= 0.3 is 5.97 Å². The third-order valence-electron chi connectivity index (χ3n) is 1.83. The number of alkyl halides is 2. The molecule has 0 fully saturated rings. The monoisotopic (exact) mass is 352 g/mol. The van der Waals surface area contributed by atoms with Gasteiger partial charge in [-0.25, -0.2) is 18.6 Å². The Bertz CT molecular complexity index is 486. The van der Waals surface area contributed by atoms with Crippen molar-refractivity contribution in [3.05, 3.63) is 26.6 Å². The van der Waals surface area contributed by atoms with Crippen LogP contribution in [-0.2, 0) is 4.74 Å². The second-order valence-corrected chi connectivity index (χ2v) is 3.99. The summed E-state index contributed by atoms with van der Waals surface area (Å²) in [5.74, 6) is -0.800. The van der Waals surface area contributed by atoms with Gasteiger partial charge in [0.25, 0.3) is 6.43 Å². The van der Waals surface area contributed by atoms with E-state index in [-0.39, 0.29) is 15.9 Å². The van der Waals surface area contributed by atoms with Crippen molar-refractivity contribution < 1.29 is 18.3 Å². The van der Waals surface area contributed by atoms with Gasteiger partial charge in [-0.2, -0.15) is 5.26 Å². The molecular formula is C10H7F2IN2O2. The zero-order valence-corrected chi connectivity index (χ0v) is 10.9. The number of halogens is 3. The minimum absolute atomic E-state index is 0.104. The fourth-order valence-electron chi connectivity index (χ4n) is 1.18. The average molecular weight is 352 g/mol. The van der Waals surface area contributed by atoms with Gasteiger partial charge in [-0.3, -0.25) is 0 Å². The lowest BCUT2D eigenvalue weighted by atomic mass is 10.1. The summed E-state index contributed by atoms with van der Waals surface area (Å²) >= 11 is 1.70. The Morgan fingerprint density at radius 3 is 2.82 bits per heavy atom. The predicted octanol–water partition coefficient (Wildman–Crippen LogP) is 2.67. The summed E-state index contributed by atoms with van der Waals surface area (Å²) in [6.07, 6.45) is -2.91. The molecule has 0 aromatic carbocycles. The number of nitriles is 1. The second-order valence-electron chi connectivity index (χ2n) is 2.89. The molecule has 0 bridgehead atoms. The van der Waals surface area contributed by atoms with Gasteiger partial charge in [-0.1, -0.05) is 0 Å². The van der Waals surface area contributed by atoms with E-state index in [2.05, 4.69) is 4.98 Å². The van der Waals surface area contributed by atoms with Crippen LogP contribution in [0.15, 0.2) is 6.07 Å². The van der Waals surface area contributed by atoms with E-state index in [9.17, 15) is 13.6 Å². The molecule has 0 saturated heterocycles. The number of pyridine rings is 1. The van der Waals surface area contributed by atoms with Crippen LogP contribution in [0.2, 0.25) is 0 Å². The SMILES string of the molecule is CCOC(=O)c1cc(I)nc(C(F)F)c1C#N. The van der Waals surface area contributed by atoms with Crippen molar-refractivity contribution in [1.29, 1.82) is 5.26 Å². The van der Waals surface area contributed by atoms with Crippen molar-refractivity contribution in [1.82, 2.24) is 4.98 Å². The zero-order valence-electron chi connectivity index (χ0n) is 8.71. The topological polar surface area (TPSA) is 63.0 Å². The Morgan fingerprint density at radius 1 is 1.71 bits per heavy atom. The molecule has 0 aliphatic heterocycles. The van der Waals surface area contributed by atoms with E-state index < -0.39 is 23.7 Å². The lowest BCUT2D eigenvalue weighted by Crippen LogP contribution is -2.11. The number of esters is 1. The molecule has 90 valence electrons. The van der Waals surface area contributed by atoms with E-state index in [1.54, 1.807) is 35.6 Å². The van der Waals surface area contributed by atoms with E-state index >= 15 is 0 Å². The fraction of sp³-hybridized carbons (Fsp3) is 0.300. The third kappa shape index (κ3) is 3.09. The van der Waals surface area contributed by atoms with Gasteiger partial charge in [-0.15, -0.1) is 0 Å². The maximum Gasteiger partial charge on any atom is 0.339 e. The first kappa shape index (κ1) is 13.8. The van der Waals surface area contributed by atoms with E-state index in [4.69, 9.17) is 10.00 Å². The Labute approximate surface area is 110 Å². The molecule has 0 aliphatic rings. The number of carbonyl (C=O) groups is 1. The van der Waals surface area contributed by atoms with Crippen LogP contribution in [0, 0.1) is 15.0 Å². The molecule has 0 saturated carbocycles. The molecule has 0 radical (unpaired) electrons. The molecule has 4 nitrogen and oxygen atoms in total. The Kier molecular flexibility index (Phi) is 4.74. The van der Waals surface area contributed by atoms with Crippen molar-refractivity contribution >= 4 is 28.6 Å². The molecule has 0 unspecified atom stereocenters. The van der Waals surface area contributed by atoms with Crippen LogP contribution in [0.4, 0.5) is 8.78 Å². The van der Waals surface area contributed by atoms with E-state index in [0.29, 0.717) is 0 Å². The van der Waals surface area contributed by atoms with Gasteiger partial charge < -0.3 is 4.74 Å². The molecule has 1 aromatic heterocycles. The van der Waals surface area contributed by atoms with Crippen molar-refractivity contribution in [2.24, 2.45) is 0 Å². The summed E-state index contributed by atoms with van der Waals surface area (Å²) in [4.78, 5) is 15.1. The van der Waals surface area contributed by atoms with Gasteiger partial charge in [0.2, 0.25) is 0 Å². The van der Waals surface area contributed by atoms with Crippen LogP contribution in [0.3, 0.4) is 0 Å². The van der Waals surface area contributed by atoms with Gasteiger partial charge in [0.1, 0.15) is 15.5 Å². The number of nitrogens with zero attached hydrogens (tertiary/aromatic N) is 2. The smallest absolute Gasteiger partial charge is 0.339 e. The summed E-state index contributed by atoms with van der Waals surface area (Å²) in [7, 11) is 0. The summed E-state index contributed by atoms with van der Waals surface area (Å²) in [5, 5.41) is 8.82. The summed E-state index contributed by atoms with van der Waals surface area (Å²) < 4.78 is 30.2. The van der Waals surface area contributed by atoms with Gasteiger partial charge in [0, 0.05) is 0 Å². The molecule has 0 aliphatic carbocycles. The summed E-state index contributed by atoms with van der Waals surface area (Å²) in [5.41, 5.74) is -1.30. The summed E-state index contributed by atoms with van der Waals surface area (Å²) in [6.45, 7) is 1.69. The van der Waals surface area contributed by atoms with Crippen LogP contribution in [0.1, 0.15) is 35.0 Å². The first-order chi connectivity index (χ1) is 8.01. The molecule has 1 heterocycles. The number of carbonyl (C=O) groups excluding carboxylic acids is 1. The zero-order chi connectivity index (χ0) is 13.0. The van der Waals surface area contributed by atoms with Crippen molar-refractivity contribution in [3.8, 4) is 6.07 Å². The quantitative estimate of drug-likeness (QED) is 0.477. The Hall–Kier alpha value is -1.30. The van der Waals surface area contributed by atoms with E-state index in [0.717, 1.165) is 0 Å². The molecule has 1 aromatic rings. The highest BCUT2D eigenvalue weighted by Crippen LogP contribution is 2.25. The number of aromatic nitrogens is 1. The first-order valence-corrected chi connectivity index (χ1v) is 5.65. The molecule has 0 spiro atoms. The first-order valence-electron chi connectivity index (χ1n) is 4.57. The fourth-order valence-corrected chi connectivity index (χ4v) is 1.75. The number of ether oxygens (including phenoxy) is 1. The number of rotatable bonds is 3. The molecular weight excluding hydrogens is 345 g/mol. The molecule has 0 amide bonds. The van der Waals surface area contributed by atoms with Crippen LogP contribution in [-0.4, -0.2) is 17.6 Å². The maximum absolute atomic E-state index is 12.7. The lowest BCUT2D eigenvalue weighted by molar-refractivity contribution is 0.0525. The minimum atomic E-state index is -2.91. The molecule has 1 rings (SSSR count). The van der Waals surface area contributed by atoms with Crippen LogP contribution < -0.4 is 0 Å². The normalized spacial score (nSPS) is 10.1. The third-order valence-corrected chi connectivity index (χ3v) is 2.38. The maximum atomic E-state index is 12.7. The molecule has 0 N–H and O–H groups in total. The van der Waals surface area contributed by atoms with Crippen molar-refractivity contribution in [2.45, 2.75) is 13.3 Å². The lowest BCUT2D eigenvalue weighted by Gasteiger charge is -2.08. The standard InChI is InChI=1S/C10H7F2IN2O2/c1-2-17-10(16)5-3-7(13)15-8(9(11)12)6(5)4-14/h3,9H,2H2,1H3. The Morgan fingerprint density at radius 2 is 2.35 bits per heavy atom. The van der Waals surface area contributed by atoms with Gasteiger partial charge in [0.05, 0.1) is 17.7 Å². The van der Waals surface area contributed by atoms with Crippen LogP contribution >= 0.6 is 22.6 Å². The Balaban J connectivity index is 3.39. The molecule has 0 atom stereocenters. The highest BCUT2D eigenvalue weighted by Gasteiger charge is 2.23. The van der Waals surface area contributed by atoms with Crippen molar-refractivity contribution in [2.75, 3.05) is 6.61 Å². The van der Waals surface area contributed by atoms with Crippen LogP contribution in [0.5, 0.6) is 0 Å². The van der Waals surface area contributed by atoms with Gasteiger partial charge in [0.15, 0.2) is 0 Å². The number of hydrogen-bond donors (Lipinski definition) is 0. The predicted molar refractivity (Wildman–Crippen MR) is 62.6 cm³/mol. The highest BCUT2D eigenvalue weighted by atomic mass is 127.